The van der Waals surface area contributed by atoms with Crippen molar-refractivity contribution in [3.05, 3.63) is 46.6 Å². The average Bonchev–Trinajstić information content (AvgIpc) is 2.91. The zero-order chi connectivity index (χ0) is 15.4. The summed E-state index contributed by atoms with van der Waals surface area (Å²) in [6, 6.07) is 9.73. The molecule has 1 unspecified atom stereocenters. The van der Waals surface area contributed by atoms with Gasteiger partial charge in [0.2, 0.25) is 0 Å². The number of nitrogens with one attached hydrogen (secondary N) is 1. The molecule has 22 heavy (non-hydrogen) atoms. The zero-order valence-corrected chi connectivity index (χ0v) is 12.9. The minimum atomic E-state index is -0.0937. The Hall–Kier alpha value is -1.92. The van der Waals surface area contributed by atoms with Crippen LogP contribution in [0.4, 0.5) is 0 Å². The second-order valence-corrected chi connectivity index (χ2v) is 5.57. The van der Waals surface area contributed by atoms with E-state index >= 15 is 0 Å². The summed E-state index contributed by atoms with van der Waals surface area (Å²) in [7, 11) is 1.63. The molecule has 0 amide bonds. The number of benzene rings is 1. The van der Waals surface area contributed by atoms with Crippen LogP contribution in [-0.2, 0) is 11.3 Å². The van der Waals surface area contributed by atoms with Crippen molar-refractivity contribution in [1.29, 1.82) is 0 Å². The van der Waals surface area contributed by atoms with Gasteiger partial charge in [-0.1, -0.05) is 18.2 Å². The Morgan fingerprint density at radius 1 is 1.36 bits per heavy atom. The monoisotopic (exact) mass is 302 g/mol. The van der Waals surface area contributed by atoms with Crippen molar-refractivity contribution in [2.24, 2.45) is 0 Å². The highest BCUT2D eigenvalue weighted by atomic mass is 16.5. The molecule has 1 saturated heterocycles. The van der Waals surface area contributed by atoms with E-state index in [0.717, 1.165) is 37.4 Å². The SMILES string of the molecule is COCCn1nc(C2CCCNC2)n(-c2ccccc2)c1=O. The number of piperidine rings is 1. The van der Waals surface area contributed by atoms with Gasteiger partial charge in [0.25, 0.3) is 0 Å². The van der Waals surface area contributed by atoms with E-state index in [1.54, 1.807) is 11.7 Å². The maximum absolute atomic E-state index is 12.7. The summed E-state index contributed by atoms with van der Waals surface area (Å²) in [6.45, 7) is 2.86. The van der Waals surface area contributed by atoms with Crippen molar-refractivity contribution in [2.45, 2.75) is 25.3 Å². The molecular formula is C16H22N4O2. The molecule has 0 spiro atoms. The Morgan fingerprint density at radius 2 is 2.18 bits per heavy atom. The number of para-hydroxylation sites is 1. The summed E-state index contributed by atoms with van der Waals surface area (Å²) in [4.78, 5) is 12.7. The van der Waals surface area contributed by atoms with E-state index in [2.05, 4.69) is 10.4 Å². The number of hydrogen-bond donors (Lipinski definition) is 1. The molecule has 3 rings (SSSR count). The van der Waals surface area contributed by atoms with Gasteiger partial charge >= 0.3 is 5.69 Å². The van der Waals surface area contributed by atoms with E-state index in [1.165, 1.54) is 4.68 Å². The highest BCUT2D eigenvalue weighted by Gasteiger charge is 2.24. The zero-order valence-electron chi connectivity index (χ0n) is 12.9. The van der Waals surface area contributed by atoms with E-state index in [1.807, 2.05) is 30.3 Å². The van der Waals surface area contributed by atoms with Gasteiger partial charge in [0.1, 0.15) is 5.82 Å². The summed E-state index contributed by atoms with van der Waals surface area (Å²) in [5.74, 6) is 1.12. The molecule has 2 heterocycles. The Balaban J connectivity index is 2.04. The maximum Gasteiger partial charge on any atom is 0.350 e. The van der Waals surface area contributed by atoms with Crippen molar-refractivity contribution in [1.82, 2.24) is 19.7 Å². The van der Waals surface area contributed by atoms with Gasteiger partial charge in [-0.3, -0.25) is 0 Å². The average molecular weight is 302 g/mol. The second-order valence-electron chi connectivity index (χ2n) is 5.57. The predicted molar refractivity (Wildman–Crippen MR) is 84.5 cm³/mol. The molecule has 2 aromatic rings. The maximum atomic E-state index is 12.7. The normalized spacial score (nSPS) is 18.5. The molecular weight excluding hydrogens is 280 g/mol. The van der Waals surface area contributed by atoms with E-state index in [9.17, 15) is 4.79 Å². The van der Waals surface area contributed by atoms with Gasteiger partial charge in [-0.25, -0.2) is 14.0 Å². The molecule has 1 fully saturated rings. The van der Waals surface area contributed by atoms with Crippen LogP contribution in [0.3, 0.4) is 0 Å². The molecule has 1 aliphatic rings. The van der Waals surface area contributed by atoms with Crippen molar-refractivity contribution in [3.63, 3.8) is 0 Å². The molecule has 6 nitrogen and oxygen atoms in total. The number of methoxy groups -OCH3 is 1. The van der Waals surface area contributed by atoms with Gasteiger partial charge in [0, 0.05) is 19.6 Å². The summed E-state index contributed by atoms with van der Waals surface area (Å²) >= 11 is 0. The molecule has 1 aromatic heterocycles. The lowest BCUT2D eigenvalue weighted by atomic mass is 9.99. The van der Waals surface area contributed by atoms with E-state index in [0.29, 0.717) is 13.2 Å². The molecule has 0 saturated carbocycles. The molecule has 0 radical (unpaired) electrons. The predicted octanol–water partition coefficient (Wildman–Crippen LogP) is 1.15. The first-order valence-corrected chi connectivity index (χ1v) is 7.76. The number of nitrogens with zero attached hydrogens (tertiary/aromatic N) is 3. The van der Waals surface area contributed by atoms with Crippen LogP contribution in [0.5, 0.6) is 0 Å². The van der Waals surface area contributed by atoms with Crippen molar-refractivity contribution < 1.29 is 4.74 Å². The number of rotatable bonds is 5. The van der Waals surface area contributed by atoms with Crippen molar-refractivity contribution >= 4 is 0 Å². The Labute approximate surface area is 129 Å². The minimum Gasteiger partial charge on any atom is -0.383 e. The number of aromatic nitrogens is 3. The molecule has 118 valence electrons. The van der Waals surface area contributed by atoms with Crippen LogP contribution < -0.4 is 11.0 Å². The van der Waals surface area contributed by atoms with Crippen molar-refractivity contribution in [3.8, 4) is 5.69 Å². The topological polar surface area (TPSA) is 61.1 Å². The van der Waals surface area contributed by atoms with Crippen LogP contribution in [0.2, 0.25) is 0 Å². The van der Waals surface area contributed by atoms with Crippen LogP contribution >= 0.6 is 0 Å². The largest absolute Gasteiger partial charge is 0.383 e. The lowest BCUT2D eigenvalue weighted by Crippen LogP contribution is -2.31. The van der Waals surface area contributed by atoms with Gasteiger partial charge in [-0.05, 0) is 31.5 Å². The highest BCUT2D eigenvalue weighted by molar-refractivity contribution is 5.33. The lowest BCUT2D eigenvalue weighted by Gasteiger charge is -2.22. The molecule has 6 heteroatoms. The van der Waals surface area contributed by atoms with Gasteiger partial charge in [-0.2, -0.15) is 5.10 Å². The quantitative estimate of drug-likeness (QED) is 0.900. The summed E-state index contributed by atoms with van der Waals surface area (Å²) in [5.41, 5.74) is 0.778. The fourth-order valence-electron chi connectivity index (χ4n) is 2.90. The Bertz CT molecular complexity index is 657. The molecule has 1 N–H and O–H groups in total. The van der Waals surface area contributed by atoms with Crippen LogP contribution in [0.1, 0.15) is 24.6 Å². The fraction of sp³-hybridized carbons (Fsp3) is 0.500. The molecule has 0 bridgehead atoms. The van der Waals surface area contributed by atoms with E-state index in [-0.39, 0.29) is 11.6 Å². The standard InChI is InChI=1S/C16H22N4O2/c1-22-11-10-19-16(21)20(14-7-3-2-4-8-14)15(18-19)13-6-5-9-17-12-13/h2-4,7-8,13,17H,5-6,9-12H2,1H3. The first-order valence-electron chi connectivity index (χ1n) is 7.76. The third kappa shape index (κ3) is 2.98. The third-order valence-corrected chi connectivity index (χ3v) is 4.05. The number of ether oxygens (including phenoxy) is 1. The van der Waals surface area contributed by atoms with Crippen LogP contribution in [0, 0.1) is 0 Å². The molecule has 1 aromatic carbocycles. The summed E-state index contributed by atoms with van der Waals surface area (Å²) < 4.78 is 8.34. The minimum absolute atomic E-state index is 0.0937. The van der Waals surface area contributed by atoms with Crippen molar-refractivity contribution in [2.75, 3.05) is 26.8 Å². The van der Waals surface area contributed by atoms with Gasteiger partial charge in [0.05, 0.1) is 18.8 Å². The molecule has 0 aliphatic carbocycles. The first kappa shape index (κ1) is 15.0. The fourth-order valence-corrected chi connectivity index (χ4v) is 2.90. The Kier molecular flexibility index (Phi) is 4.70. The molecule has 1 aliphatic heterocycles. The third-order valence-electron chi connectivity index (χ3n) is 4.05. The van der Waals surface area contributed by atoms with Crippen LogP contribution in [-0.4, -0.2) is 41.2 Å². The van der Waals surface area contributed by atoms with Gasteiger partial charge < -0.3 is 10.1 Å². The summed E-state index contributed by atoms with van der Waals surface area (Å²) in [6.07, 6.45) is 2.17. The number of hydrogen-bond acceptors (Lipinski definition) is 4. The second kappa shape index (κ2) is 6.89. The lowest BCUT2D eigenvalue weighted by molar-refractivity contribution is 0.182. The van der Waals surface area contributed by atoms with Gasteiger partial charge in [-0.15, -0.1) is 0 Å². The smallest absolute Gasteiger partial charge is 0.350 e. The van der Waals surface area contributed by atoms with Crippen LogP contribution in [0.25, 0.3) is 5.69 Å². The van der Waals surface area contributed by atoms with Gasteiger partial charge in [0.15, 0.2) is 0 Å². The summed E-state index contributed by atoms with van der Waals surface area (Å²) in [5, 5.41) is 7.99. The molecule has 1 atom stereocenters. The van der Waals surface area contributed by atoms with Crippen LogP contribution in [0.15, 0.2) is 35.1 Å². The Morgan fingerprint density at radius 3 is 2.86 bits per heavy atom. The highest BCUT2D eigenvalue weighted by Crippen LogP contribution is 2.22. The van der Waals surface area contributed by atoms with E-state index in [4.69, 9.17) is 4.74 Å². The van der Waals surface area contributed by atoms with E-state index < -0.39 is 0 Å². The first-order chi connectivity index (χ1) is 10.8.